The number of thiophene rings is 1. The number of carbonyl (C=O) groups is 1. The molecule has 1 saturated carbocycles. The van der Waals surface area contributed by atoms with Crippen LogP contribution in [0.3, 0.4) is 0 Å². The molecular weight excluding hydrogens is 442 g/mol. The third-order valence-corrected chi connectivity index (χ3v) is 10.5. The van der Waals surface area contributed by atoms with Gasteiger partial charge in [-0.3, -0.25) is 19.7 Å². The lowest BCUT2D eigenvalue weighted by Gasteiger charge is -2.38. The number of anilines is 3. The Morgan fingerprint density at radius 2 is 1.52 bits per heavy atom. The van der Waals surface area contributed by atoms with Crippen molar-refractivity contribution in [2.24, 2.45) is 0 Å². The second-order valence-electron chi connectivity index (χ2n) is 8.65. The molecule has 6 heteroatoms. The topological polar surface area (TPSA) is 46.1 Å². The van der Waals surface area contributed by atoms with Crippen LogP contribution in [0.1, 0.15) is 18.7 Å². The number of hydrogen-bond donors (Lipinski definition) is 0. The molecule has 0 bridgehead atoms. The average molecular weight is 468 g/mol. The number of pyridine rings is 2. The number of Topliss-reactive ketones (excluding diaryl/α,β-unsaturated/α-hetero) is 1. The SMILES string of the molecule is C=C1/C(=C/c2ccc(N3c4cccnc4[Si](C)(C)c4ncccc43)s2)C(=O)C(=C/C)/C1=C\C. The molecule has 2 aliphatic rings. The summed E-state index contributed by atoms with van der Waals surface area (Å²) in [7, 11) is -2.01. The first kappa shape index (κ1) is 21.5. The fourth-order valence-electron chi connectivity index (χ4n) is 4.76. The zero-order valence-corrected chi connectivity index (χ0v) is 21.0. The normalized spacial score (nSPS) is 20.6. The standard InChI is InChI=1S/C27H25N3OSSi/c1-6-19-17(3)21(25(31)20(19)7-2)16-18-12-13-24(32-18)30-22-10-8-14-28-26(22)33(4,5)27-23(30)11-9-15-29-27/h6-16H,3H2,1-2,4-5H3/b19-6-,20-7+,21-16-. The van der Waals surface area contributed by atoms with Crippen molar-refractivity contribution in [2.45, 2.75) is 26.9 Å². The number of rotatable bonds is 2. The van der Waals surface area contributed by atoms with Gasteiger partial charge in [0, 0.05) is 28.4 Å². The van der Waals surface area contributed by atoms with Crippen LogP contribution in [0.15, 0.2) is 89.8 Å². The summed E-state index contributed by atoms with van der Waals surface area (Å²) < 4.78 is 0. The summed E-state index contributed by atoms with van der Waals surface area (Å²) >= 11 is 1.65. The van der Waals surface area contributed by atoms with E-state index >= 15 is 0 Å². The van der Waals surface area contributed by atoms with Crippen LogP contribution in [0.5, 0.6) is 0 Å². The largest absolute Gasteiger partial charge is 0.299 e. The molecule has 1 fully saturated rings. The zero-order valence-electron chi connectivity index (χ0n) is 19.2. The van der Waals surface area contributed by atoms with E-state index in [2.05, 4.69) is 48.8 Å². The van der Waals surface area contributed by atoms with E-state index in [9.17, 15) is 4.79 Å². The molecule has 3 aromatic heterocycles. The lowest BCUT2D eigenvalue weighted by Crippen LogP contribution is -2.60. The molecule has 1 aliphatic heterocycles. The van der Waals surface area contributed by atoms with Crippen LogP contribution >= 0.6 is 11.3 Å². The van der Waals surface area contributed by atoms with E-state index in [4.69, 9.17) is 9.97 Å². The predicted molar refractivity (Wildman–Crippen MR) is 141 cm³/mol. The van der Waals surface area contributed by atoms with Gasteiger partial charge in [-0.25, -0.2) is 0 Å². The highest BCUT2D eigenvalue weighted by molar-refractivity contribution is 7.17. The van der Waals surface area contributed by atoms with E-state index in [0.717, 1.165) is 48.6 Å². The molecule has 33 heavy (non-hydrogen) atoms. The molecule has 0 unspecified atom stereocenters. The van der Waals surface area contributed by atoms with Crippen LogP contribution in [0.4, 0.5) is 16.4 Å². The molecule has 0 saturated heterocycles. The Morgan fingerprint density at radius 3 is 2.06 bits per heavy atom. The lowest BCUT2D eigenvalue weighted by atomic mass is 10.1. The van der Waals surface area contributed by atoms with Gasteiger partial charge >= 0.3 is 0 Å². The lowest BCUT2D eigenvalue weighted by molar-refractivity contribution is -0.111. The van der Waals surface area contributed by atoms with Crippen LogP contribution < -0.4 is 15.5 Å². The van der Waals surface area contributed by atoms with Gasteiger partial charge in [-0.1, -0.05) is 31.8 Å². The summed E-state index contributed by atoms with van der Waals surface area (Å²) in [4.78, 5) is 25.8. The van der Waals surface area contributed by atoms with E-state index in [-0.39, 0.29) is 5.78 Å². The summed E-state index contributed by atoms with van der Waals surface area (Å²) in [6.07, 6.45) is 9.55. The summed E-state index contributed by atoms with van der Waals surface area (Å²) in [5.74, 6) is 0.0420. The van der Waals surface area contributed by atoms with E-state index in [1.54, 1.807) is 11.3 Å². The first-order chi connectivity index (χ1) is 15.9. The highest BCUT2D eigenvalue weighted by atomic mass is 32.1. The van der Waals surface area contributed by atoms with Crippen molar-refractivity contribution in [2.75, 3.05) is 4.90 Å². The minimum Gasteiger partial charge on any atom is -0.299 e. The van der Waals surface area contributed by atoms with Gasteiger partial charge < -0.3 is 0 Å². The van der Waals surface area contributed by atoms with Crippen LogP contribution in [0.25, 0.3) is 6.08 Å². The second-order valence-corrected chi connectivity index (χ2v) is 13.9. The van der Waals surface area contributed by atoms with Crippen LogP contribution in [-0.2, 0) is 4.79 Å². The number of carbonyl (C=O) groups excluding carboxylic acids is 1. The van der Waals surface area contributed by atoms with Crippen LogP contribution in [-0.4, -0.2) is 23.8 Å². The molecule has 0 radical (unpaired) electrons. The molecule has 4 nitrogen and oxygen atoms in total. The van der Waals surface area contributed by atoms with Gasteiger partial charge in [0.05, 0.1) is 22.0 Å². The molecular formula is C27H25N3OSSi. The third kappa shape index (κ3) is 3.21. The molecule has 3 aromatic rings. The van der Waals surface area contributed by atoms with E-state index in [0.29, 0.717) is 5.57 Å². The fraction of sp³-hybridized carbons (Fsp3) is 0.148. The highest BCUT2D eigenvalue weighted by Gasteiger charge is 2.41. The van der Waals surface area contributed by atoms with Crippen molar-refractivity contribution in [3.8, 4) is 0 Å². The molecule has 164 valence electrons. The minimum absolute atomic E-state index is 0.0420. The van der Waals surface area contributed by atoms with Gasteiger partial charge in [0.15, 0.2) is 13.9 Å². The van der Waals surface area contributed by atoms with E-state index < -0.39 is 8.07 Å². The summed E-state index contributed by atoms with van der Waals surface area (Å²) in [5.41, 5.74) is 5.35. The Morgan fingerprint density at radius 1 is 0.909 bits per heavy atom. The molecule has 0 amide bonds. The minimum atomic E-state index is -2.01. The monoisotopic (exact) mass is 467 g/mol. The van der Waals surface area contributed by atoms with Crippen molar-refractivity contribution in [3.63, 3.8) is 0 Å². The van der Waals surface area contributed by atoms with Gasteiger partial charge in [-0.15, -0.1) is 11.3 Å². The van der Waals surface area contributed by atoms with Gasteiger partial charge in [0.25, 0.3) is 0 Å². The van der Waals surface area contributed by atoms with Crippen molar-refractivity contribution < 1.29 is 4.79 Å². The molecule has 0 spiro atoms. The van der Waals surface area contributed by atoms with Gasteiger partial charge in [0.1, 0.15) is 5.00 Å². The second kappa shape index (κ2) is 7.90. The highest BCUT2D eigenvalue weighted by Crippen LogP contribution is 2.42. The molecule has 0 atom stereocenters. The van der Waals surface area contributed by atoms with Gasteiger partial charge in [-0.2, -0.15) is 0 Å². The summed E-state index contributed by atoms with van der Waals surface area (Å²) in [5, 5.41) is 3.35. The van der Waals surface area contributed by atoms with Crippen molar-refractivity contribution in [3.05, 3.63) is 94.7 Å². The predicted octanol–water partition coefficient (Wildman–Crippen LogP) is 5.56. The van der Waals surface area contributed by atoms with Crippen LogP contribution in [0, 0.1) is 0 Å². The van der Waals surface area contributed by atoms with E-state index in [1.165, 1.54) is 0 Å². The molecule has 5 rings (SSSR count). The Labute approximate surface area is 199 Å². The van der Waals surface area contributed by atoms with Gasteiger partial charge in [-0.05, 0) is 67.5 Å². The average Bonchev–Trinajstić information content (AvgIpc) is 3.37. The Kier molecular flexibility index (Phi) is 5.14. The Hall–Kier alpha value is -3.35. The zero-order chi connectivity index (χ0) is 23.3. The molecule has 1 aliphatic carbocycles. The fourth-order valence-corrected chi connectivity index (χ4v) is 8.43. The first-order valence-electron chi connectivity index (χ1n) is 11.0. The maximum Gasteiger partial charge on any atom is 0.193 e. The number of aromatic nitrogens is 2. The molecule has 0 aromatic carbocycles. The van der Waals surface area contributed by atoms with Crippen molar-refractivity contribution in [1.29, 1.82) is 0 Å². The Bertz CT molecular complexity index is 1330. The Balaban J connectivity index is 1.62. The quantitative estimate of drug-likeness (QED) is 0.366. The number of hydrogen-bond acceptors (Lipinski definition) is 5. The number of ketones is 1. The maximum absolute atomic E-state index is 13.0. The summed E-state index contributed by atoms with van der Waals surface area (Å²) in [6.45, 7) is 12.6. The van der Waals surface area contributed by atoms with Crippen LogP contribution in [0.2, 0.25) is 13.1 Å². The van der Waals surface area contributed by atoms with Crippen molar-refractivity contribution in [1.82, 2.24) is 9.97 Å². The first-order valence-corrected chi connectivity index (χ1v) is 14.8. The molecule has 4 heterocycles. The van der Waals surface area contributed by atoms with Gasteiger partial charge in [0.2, 0.25) is 0 Å². The third-order valence-electron chi connectivity index (χ3n) is 6.37. The van der Waals surface area contributed by atoms with E-state index in [1.807, 2.05) is 56.6 Å². The molecule has 0 N–H and O–H groups in total. The number of allylic oxidation sites excluding steroid dienone is 6. The number of nitrogens with zero attached hydrogens (tertiary/aromatic N) is 3. The maximum atomic E-state index is 13.0. The summed E-state index contributed by atoms with van der Waals surface area (Å²) in [6, 6.07) is 12.5. The van der Waals surface area contributed by atoms with Crippen molar-refractivity contribution >= 4 is 58.3 Å². The number of fused-ring (bicyclic) bond motifs is 2. The smallest absolute Gasteiger partial charge is 0.193 e.